The zero-order chi connectivity index (χ0) is 19.9. The first-order valence-corrected chi connectivity index (χ1v) is 10.3. The van der Waals surface area contributed by atoms with Crippen LogP contribution in [0.4, 0.5) is 0 Å². The fourth-order valence-electron chi connectivity index (χ4n) is 3.76. The normalized spacial score (nSPS) is 16.9. The molecule has 3 aromatic heterocycles. The molecule has 0 fully saturated rings. The third-order valence-corrected chi connectivity index (χ3v) is 6.64. The topological polar surface area (TPSA) is 90.0 Å². The summed E-state index contributed by atoms with van der Waals surface area (Å²) in [5.74, 6) is 0.946. The number of carbonyl (C=O) groups is 1. The Labute approximate surface area is 166 Å². The second-order valence-corrected chi connectivity index (χ2v) is 9.48. The van der Waals surface area contributed by atoms with E-state index in [-0.39, 0.29) is 30.0 Å². The van der Waals surface area contributed by atoms with Gasteiger partial charge in [0.2, 0.25) is 5.91 Å². The van der Waals surface area contributed by atoms with E-state index in [1.165, 1.54) is 4.88 Å². The van der Waals surface area contributed by atoms with Crippen LogP contribution >= 0.6 is 11.3 Å². The number of fused-ring (bicyclic) bond motifs is 3. The van der Waals surface area contributed by atoms with E-state index in [4.69, 9.17) is 4.42 Å². The zero-order valence-electron chi connectivity index (χ0n) is 16.3. The van der Waals surface area contributed by atoms with Gasteiger partial charge in [0.15, 0.2) is 4.83 Å². The van der Waals surface area contributed by atoms with Gasteiger partial charge in [-0.1, -0.05) is 26.0 Å². The molecule has 28 heavy (non-hydrogen) atoms. The van der Waals surface area contributed by atoms with Crippen LogP contribution in [0.25, 0.3) is 10.2 Å². The monoisotopic (exact) mass is 400 g/mol. The van der Waals surface area contributed by atoms with Crippen molar-refractivity contribution >= 4 is 27.5 Å². The second kappa shape index (κ2) is 7.16. The van der Waals surface area contributed by atoms with Crippen molar-refractivity contribution in [2.24, 2.45) is 11.3 Å². The van der Waals surface area contributed by atoms with Crippen molar-refractivity contribution < 1.29 is 9.21 Å². The lowest BCUT2D eigenvalue weighted by molar-refractivity contribution is -0.122. The number of rotatable bonds is 4. The second-order valence-electron chi connectivity index (χ2n) is 8.40. The molecule has 1 amide bonds. The Morgan fingerprint density at radius 1 is 1.43 bits per heavy atom. The summed E-state index contributed by atoms with van der Waals surface area (Å²) in [4.78, 5) is 27.1. The van der Waals surface area contributed by atoms with Crippen LogP contribution in [0.5, 0.6) is 0 Å². The molecule has 1 aliphatic carbocycles. The molecule has 148 valence electrons. The van der Waals surface area contributed by atoms with Crippen LogP contribution in [0.3, 0.4) is 0 Å². The Morgan fingerprint density at radius 3 is 2.96 bits per heavy atom. The maximum Gasteiger partial charge on any atom is 0.279 e. The molecule has 0 saturated heterocycles. The molecule has 4 rings (SSSR count). The van der Waals surface area contributed by atoms with Crippen LogP contribution in [-0.2, 0) is 30.7 Å². The predicted molar refractivity (Wildman–Crippen MR) is 107 cm³/mol. The number of aryl methyl sites for hydroxylation is 1. The van der Waals surface area contributed by atoms with Gasteiger partial charge >= 0.3 is 0 Å². The Morgan fingerprint density at radius 2 is 2.25 bits per heavy atom. The largest absolute Gasteiger partial charge is 0.467 e. The van der Waals surface area contributed by atoms with Crippen LogP contribution in [0, 0.1) is 11.3 Å². The molecule has 0 radical (unpaired) electrons. The fourth-order valence-corrected chi connectivity index (χ4v) is 5.00. The average Bonchev–Trinajstić information content (AvgIpc) is 3.28. The van der Waals surface area contributed by atoms with E-state index in [1.54, 1.807) is 29.7 Å². The number of carbonyl (C=O) groups excluding carboxylic acids is 1. The van der Waals surface area contributed by atoms with Gasteiger partial charge in [-0.05, 0) is 48.3 Å². The summed E-state index contributed by atoms with van der Waals surface area (Å²) >= 11 is 1.57. The molecular formula is C20H24N4O3S. The van der Waals surface area contributed by atoms with Gasteiger partial charge < -0.3 is 9.73 Å². The molecule has 8 heteroatoms. The summed E-state index contributed by atoms with van der Waals surface area (Å²) in [5, 5.41) is 11.6. The van der Waals surface area contributed by atoms with Crippen molar-refractivity contribution in [2.45, 2.75) is 53.1 Å². The summed E-state index contributed by atoms with van der Waals surface area (Å²) in [6.07, 6.45) is 4.47. The van der Waals surface area contributed by atoms with Gasteiger partial charge in [0.25, 0.3) is 5.56 Å². The summed E-state index contributed by atoms with van der Waals surface area (Å²) in [6.45, 7) is 6.92. The number of nitrogens with one attached hydrogen (secondary N) is 1. The summed E-state index contributed by atoms with van der Waals surface area (Å²) in [5.41, 5.74) is 1.11. The maximum atomic E-state index is 13.0. The number of aromatic nitrogens is 3. The molecule has 0 saturated carbocycles. The molecule has 3 aromatic rings. The van der Waals surface area contributed by atoms with Crippen molar-refractivity contribution in [1.29, 1.82) is 0 Å². The lowest BCUT2D eigenvalue weighted by Gasteiger charge is -2.33. The molecule has 0 aromatic carbocycles. The van der Waals surface area contributed by atoms with Crippen LogP contribution < -0.4 is 10.9 Å². The molecule has 7 nitrogen and oxygen atoms in total. The van der Waals surface area contributed by atoms with Crippen LogP contribution in [0.1, 0.15) is 43.4 Å². The van der Waals surface area contributed by atoms with Gasteiger partial charge in [0.05, 0.1) is 18.2 Å². The quantitative estimate of drug-likeness (QED) is 0.727. The SMILES string of the molecule is CC(C)(C)[C@@H]1CCc2c(sc3nnn(CC(=O)NCc4ccco4)c(=O)c23)C1. The van der Waals surface area contributed by atoms with E-state index in [1.807, 2.05) is 0 Å². The molecule has 1 N–H and O–H groups in total. The van der Waals surface area contributed by atoms with Crippen molar-refractivity contribution in [3.8, 4) is 0 Å². The highest BCUT2D eigenvalue weighted by Gasteiger charge is 2.32. The molecular weight excluding hydrogens is 376 g/mol. The number of nitrogens with zero attached hydrogens (tertiary/aromatic N) is 3. The van der Waals surface area contributed by atoms with Crippen molar-refractivity contribution in [3.05, 3.63) is 45.0 Å². The number of amides is 1. The van der Waals surface area contributed by atoms with E-state index in [9.17, 15) is 9.59 Å². The highest BCUT2D eigenvalue weighted by Crippen LogP contribution is 2.41. The predicted octanol–water partition coefficient (Wildman–Crippen LogP) is 2.91. The average molecular weight is 401 g/mol. The number of hydrogen-bond acceptors (Lipinski definition) is 6. The van der Waals surface area contributed by atoms with E-state index in [0.717, 1.165) is 29.5 Å². The standard InChI is InChI=1S/C20H24N4O3S/c1-20(2,3)12-6-7-14-15(9-12)28-18-17(14)19(26)24(23-22-18)11-16(25)21-10-13-5-4-8-27-13/h4-5,8,12H,6-7,9-11H2,1-3H3,(H,21,25)/t12-/m1/s1. The van der Waals surface area contributed by atoms with Gasteiger partial charge in [-0.2, -0.15) is 0 Å². The van der Waals surface area contributed by atoms with Crippen molar-refractivity contribution in [2.75, 3.05) is 0 Å². The third-order valence-electron chi connectivity index (χ3n) is 5.50. The van der Waals surface area contributed by atoms with Crippen LogP contribution in [0.2, 0.25) is 0 Å². The van der Waals surface area contributed by atoms with Crippen LogP contribution in [-0.4, -0.2) is 20.9 Å². The molecule has 1 aliphatic rings. The summed E-state index contributed by atoms with van der Waals surface area (Å²) in [6, 6.07) is 3.54. The van der Waals surface area contributed by atoms with Gasteiger partial charge in [0, 0.05) is 4.88 Å². The maximum absolute atomic E-state index is 13.0. The van der Waals surface area contributed by atoms with Gasteiger partial charge in [-0.15, -0.1) is 16.4 Å². The first-order valence-electron chi connectivity index (χ1n) is 9.50. The van der Waals surface area contributed by atoms with Crippen molar-refractivity contribution in [3.63, 3.8) is 0 Å². The highest BCUT2D eigenvalue weighted by molar-refractivity contribution is 7.18. The van der Waals surface area contributed by atoms with E-state index >= 15 is 0 Å². The summed E-state index contributed by atoms with van der Waals surface area (Å²) < 4.78 is 6.35. The van der Waals surface area contributed by atoms with Crippen molar-refractivity contribution in [1.82, 2.24) is 20.3 Å². The fraction of sp³-hybridized carbons (Fsp3) is 0.500. The smallest absolute Gasteiger partial charge is 0.279 e. The Hall–Kier alpha value is -2.48. The number of hydrogen-bond donors (Lipinski definition) is 1. The highest BCUT2D eigenvalue weighted by atomic mass is 32.1. The summed E-state index contributed by atoms with van der Waals surface area (Å²) in [7, 11) is 0. The minimum Gasteiger partial charge on any atom is -0.467 e. The third kappa shape index (κ3) is 3.61. The Bertz CT molecular complexity index is 1060. The van der Waals surface area contributed by atoms with E-state index in [0.29, 0.717) is 21.9 Å². The van der Waals surface area contributed by atoms with E-state index < -0.39 is 0 Å². The molecule has 0 aliphatic heterocycles. The Kier molecular flexibility index (Phi) is 4.82. The lowest BCUT2D eigenvalue weighted by atomic mass is 9.72. The molecule has 0 spiro atoms. The van der Waals surface area contributed by atoms with Crippen LogP contribution in [0.15, 0.2) is 27.6 Å². The minimum atomic E-state index is -0.302. The number of furan rings is 1. The minimum absolute atomic E-state index is 0.155. The molecule has 0 bridgehead atoms. The zero-order valence-corrected chi connectivity index (χ0v) is 17.1. The first-order chi connectivity index (χ1) is 13.3. The molecule has 0 unspecified atom stereocenters. The van der Waals surface area contributed by atoms with Gasteiger partial charge in [-0.3, -0.25) is 9.59 Å². The first kappa shape index (κ1) is 18.9. The van der Waals surface area contributed by atoms with E-state index in [2.05, 4.69) is 36.4 Å². The van der Waals surface area contributed by atoms with Gasteiger partial charge in [0.1, 0.15) is 12.3 Å². The van der Waals surface area contributed by atoms with Gasteiger partial charge in [-0.25, -0.2) is 4.68 Å². The molecule has 1 atom stereocenters. The molecule has 3 heterocycles. The Balaban J connectivity index is 1.56. The lowest BCUT2D eigenvalue weighted by Crippen LogP contribution is -2.34. The number of thiophene rings is 1.